The number of anilines is 1. The monoisotopic (exact) mass is 539 g/mol. The Bertz CT molecular complexity index is 1390. The number of Topliss-reactive ketones (excluding diaryl/α,β-unsaturated/α-hetero) is 1. The topological polar surface area (TPSA) is 76.1 Å². The first kappa shape index (κ1) is 26.6. The van der Waals surface area contributed by atoms with E-state index in [0.29, 0.717) is 17.0 Å². The molecule has 1 aliphatic rings. The zero-order valence-electron chi connectivity index (χ0n) is 21.1. The van der Waals surface area contributed by atoms with Gasteiger partial charge in [0.25, 0.3) is 11.7 Å². The van der Waals surface area contributed by atoms with Gasteiger partial charge in [0.1, 0.15) is 17.3 Å². The summed E-state index contributed by atoms with van der Waals surface area (Å²) < 4.78 is 10.6. The molecule has 1 saturated heterocycles. The van der Waals surface area contributed by atoms with Gasteiger partial charge >= 0.3 is 0 Å². The van der Waals surface area contributed by atoms with Crippen LogP contribution in [0.15, 0.2) is 66.2 Å². The van der Waals surface area contributed by atoms with Crippen LogP contribution in [0.1, 0.15) is 43.5 Å². The van der Waals surface area contributed by atoms with Crippen molar-refractivity contribution in [3.05, 3.63) is 93.0 Å². The van der Waals surface area contributed by atoms with Gasteiger partial charge in [0.15, 0.2) is 0 Å². The van der Waals surface area contributed by atoms with Crippen molar-refractivity contribution in [3.63, 3.8) is 0 Å². The van der Waals surface area contributed by atoms with Gasteiger partial charge in [-0.2, -0.15) is 0 Å². The molecule has 3 aromatic rings. The van der Waals surface area contributed by atoms with Gasteiger partial charge in [-0.05, 0) is 52.9 Å². The van der Waals surface area contributed by atoms with E-state index < -0.39 is 23.5 Å². The van der Waals surface area contributed by atoms with Gasteiger partial charge in [-0.3, -0.25) is 14.5 Å². The van der Waals surface area contributed by atoms with E-state index in [4.69, 9.17) is 32.7 Å². The minimum atomic E-state index is -0.912. The van der Waals surface area contributed by atoms with Crippen LogP contribution >= 0.6 is 23.2 Å². The molecule has 1 amide bonds. The van der Waals surface area contributed by atoms with Crippen molar-refractivity contribution in [2.24, 2.45) is 0 Å². The van der Waals surface area contributed by atoms with Crippen molar-refractivity contribution < 1.29 is 24.2 Å². The number of ketones is 1. The Kier molecular flexibility index (Phi) is 7.27. The second-order valence-electron chi connectivity index (χ2n) is 9.71. The van der Waals surface area contributed by atoms with Crippen LogP contribution in [0.4, 0.5) is 5.69 Å². The Balaban J connectivity index is 1.97. The number of hydrogen-bond acceptors (Lipinski definition) is 5. The lowest BCUT2D eigenvalue weighted by molar-refractivity contribution is -0.132. The third-order valence-corrected chi connectivity index (χ3v) is 6.85. The van der Waals surface area contributed by atoms with Crippen molar-refractivity contribution in [2.45, 2.75) is 32.2 Å². The third-order valence-electron chi connectivity index (χ3n) is 6.36. The van der Waals surface area contributed by atoms with Crippen molar-refractivity contribution in [2.75, 3.05) is 19.1 Å². The maximum atomic E-state index is 13.5. The number of hydrogen-bond donors (Lipinski definition) is 1. The highest BCUT2D eigenvalue weighted by molar-refractivity contribution is 6.52. The van der Waals surface area contributed by atoms with Crippen LogP contribution in [-0.4, -0.2) is 31.0 Å². The molecule has 192 valence electrons. The Morgan fingerprint density at radius 2 is 1.54 bits per heavy atom. The standard InChI is InChI=1S/C29H27Cl2NO5/c1-29(2,3)17-8-6-16(7-9-17)24-23(25(33)21-14-18(30)15-22(31)27(21)37-5)26(34)28(35)32(24)19-10-12-20(36-4)13-11-19/h6-15,24,33H,1-5H3/b25-23+. The van der Waals surface area contributed by atoms with Crippen molar-refractivity contribution >= 4 is 46.3 Å². The summed E-state index contributed by atoms with van der Waals surface area (Å²) in [6, 6.07) is 16.4. The van der Waals surface area contributed by atoms with E-state index in [0.717, 1.165) is 5.56 Å². The van der Waals surface area contributed by atoms with Crippen LogP contribution < -0.4 is 14.4 Å². The smallest absolute Gasteiger partial charge is 0.300 e. The largest absolute Gasteiger partial charge is 0.507 e. The summed E-state index contributed by atoms with van der Waals surface area (Å²) in [6.07, 6.45) is 0. The van der Waals surface area contributed by atoms with E-state index in [9.17, 15) is 14.7 Å². The molecule has 0 radical (unpaired) electrons. The molecule has 8 heteroatoms. The summed E-state index contributed by atoms with van der Waals surface area (Å²) in [5.41, 5.74) is 2.13. The molecule has 1 heterocycles. The maximum absolute atomic E-state index is 13.5. The van der Waals surface area contributed by atoms with Gasteiger partial charge in [0, 0.05) is 10.7 Å². The molecule has 6 nitrogen and oxygen atoms in total. The molecule has 1 aliphatic heterocycles. The maximum Gasteiger partial charge on any atom is 0.300 e. The summed E-state index contributed by atoms with van der Waals surface area (Å²) in [5.74, 6) is -1.30. The van der Waals surface area contributed by atoms with E-state index in [2.05, 4.69) is 20.8 Å². The summed E-state index contributed by atoms with van der Waals surface area (Å²) in [7, 11) is 2.94. The van der Waals surface area contributed by atoms with Gasteiger partial charge in [-0.25, -0.2) is 0 Å². The van der Waals surface area contributed by atoms with Crippen LogP contribution in [-0.2, 0) is 15.0 Å². The first-order chi connectivity index (χ1) is 17.5. The van der Waals surface area contributed by atoms with Crippen LogP contribution in [0.2, 0.25) is 10.0 Å². The molecule has 1 N–H and O–H groups in total. The fraction of sp³-hybridized carbons (Fsp3) is 0.241. The predicted octanol–water partition coefficient (Wildman–Crippen LogP) is 6.93. The molecule has 4 rings (SSSR count). The number of aliphatic hydroxyl groups excluding tert-OH is 1. The fourth-order valence-corrected chi connectivity index (χ4v) is 4.98. The average molecular weight is 540 g/mol. The number of carbonyl (C=O) groups excluding carboxylic acids is 2. The Morgan fingerprint density at radius 3 is 2.08 bits per heavy atom. The van der Waals surface area contributed by atoms with E-state index in [1.54, 1.807) is 31.4 Å². The molecule has 37 heavy (non-hydrogen) atoms. The second kappa shape index (κ2) is 10.1. The predicted molar refractivity (Wildman–Crippen MR) is 146 cm³/mol. The minimum Gasteiger partial charge on any atom is -0.507 e. The Hall–Kier alpha value is -3.48. The molecule has 0 saturated carbocycles. The molecular formula is C29H27Cl2NO5. The zero-order valence-corrected chi connectivity index (χ0v) is 22.6. The number of rotatable bonds is 5. The number of nitrogens with zero attached hydrogens (tertiary/aromatic N) is 1. The van der Waals surface area contributed by atoms with Crippen LogP contribution in [0.25, 0.3) is 5.76 Å². The highest BCUT2D eigenvalue weighted by Crippen LogP contribution is 2.45. The number of aliphatic hydroxyl groups is 1. The lowest BCUT2D eigenvalue weighted by Gasteiger charge is -2.27. The van der Waals surface area contributed by atoms with Crippen molar-refractivity contribution in [1.29, 1.82) is 0 Å². The number of ether oxygens (including phenoxy) is 2. The molecule has 1 fully saturated rings. The number of carbonyl (C=O) groups is 2. The first-order valence-corrected chi connectivity index (χ1v) is 12.3. The van der Waals surface area contributed by atoms with E-state index in [1.807, 2.05) is 24.3 Å². The van der Waals surface area contributed by atoms with Gasteiger partial charge in [-0.1, -0.05) is 68.2 Å². The minimum absolute atomic E-state index is 0.0960. The van der Waals surface area contributed by atoms with Crippen LogP contribution in [0, 0.1) is 0 Å². The second-order valence-corrected chi connectivity index (χ2v) is 10.6. The Morgan fingerprint density at radius 1 is 0.919 bits per heavy atom. The summed E-state index contributed by atoms with van der Waals surface area (Å²) in [6.45, 7) is 6.29. The van der Waals surface area contributed by atoms with Crippen molar-refractivity contribution in [3.8, 4) is 11.5 Å². The number of benzene rings is 3. The molecular weight excluding hydrogens is 513 g/mol. The first-order valence-electron chi connectivity index (χ1n) is 11.6. The molecule has 1 unspecified atom stereocenters. The lowest BCUT2D eigenvalue weighted by Crippen LogP contribution is -2.29. The third kappa shape index (κ3) is 4.91. The van der Waals surface area contributed by atoms with Gasteiger partial charge < -0.3 is 14.6 Å². The SMILES string of the molecule is COc1ccc(N2C(=O)C(=O)/C(=C(/O)c3cc(Cl)cc(Cl)c3OC)C2c2ccc(C(C)(C)C)cc2)cc1. The number of methoxy groups -OCH3 is 2. The molecule has 0 aromatic heterocycles. The molecule has 0 bridgehead atoms. The summed E-state index contributed by atoms with van der Waals surface area (Å²) >= 11 is 12.5. The quantitative estimate of drug-likeness (QED) is 0.216. The van der Waals surface area contributed by atoms with Crippen LogP contribution in [0.5, 0.6) is 11.5 Å². The van der Waals surface area contributed by atoms with E-state index in [-0.39, 0.29) is 32.3 Å². The molecule has 3 aromatic carbocycles. The van der Waals surface area contributed by atoms with Gasteiger partial charge in [0.05, 0.1) is 36.4 Å². The fourth-order valence-electron chi connectivity index (χ4n) is 4.41. The highest BCUT2D eigenvalue weighted by atomic mass is 35.5. The van der Waals surface area contributed by atoms with Crippen LogP contribution in [0.3, 0.4) is 0 Å². The number of halogens is 2. The van der Waals surface area contributed by atoms with E-state index in [1.165, 1.54) is 24.1 Å². The van der Waals surface area contributed by atoms with Gasteiger partial charge in [0.2, 0.25) is 0 Å². The van der Waals surface area contributed by atoms with Gasteiger partial charge in [-0.15, -0.1) is 0 Å². The molecule has 0 aliphatic carbocycles. The Labute approximate surface area is 226 Å². The average Bonchev–Trinajstić information content (AvgIpc) is 3.13. The highest BCUT2D eigenvalue weighted by Gasteiger charge is 2.47. The normalized spacial score (nSPS) is 17.3. The zero-order chi connectivity index (χ0) is 27.1. The summed E-state index contributed by atoms with van der Waals surface area (Å²) in [5, 5.41) is 11.9. The van der Waals surface area contributed by atoms with Crippen molar-refractivity contribution in [1.82, 2.24) is 0 Å². The lowest BCUT2D eigenvalue weighted by atomic mass is 9.85. The number of amides is 1. The summed E-state index contributed by atoms with van der Waals surface area (Å²) in [4.78, 5) is 28.3. The molecule has 1 atom stereocenters. The molecule has 0 spiro atoms. The van der Waals surface area contributed by atoms with E-state index >= 15 is 0 Å².